The van der Waals surface area contributed by atoms with Gasteiger partial charge in [0.25, 0.3) is 5.91 Å². The summed E-state index contributed by atoms with van der Waals surface area (Å²) in [5.74, 6) is 1.74. The van der Waals surface area contributed by atoms with Gasteiger partial charge in [0.1, 0.15) is 11.6 Å². The predicted molar refractivity (Wildman–Crippen MR) is 100 cm³/mol. The van der Waals surface area contributed by atoms with E-state index in [0.29, 0.717) is 5.56 Å². The van der Waals surface area contributed by atoms with Crippen LogP contribution in [0.5, 0.6) is 5.75 Å². The average molecular weight is 363 g/mol. The number of rotatable bonds is 3. The van der Waals surface area contributed by atoms with E-state index in [0.717, 1.165) is 48.6 Å². The number of fused-ring (bicyclic) bond motifs is 1. The van der Waals surface area contributed by atoms with E-state index in [-0.39, 0.29) is 17.7 Å². The first-order valence-electron chi connectivity index (χ1n) is 9.05. The van der Waals surface area contributed by atoms with E-state index in [4.69, 9.17) is 0 Å². The molecule has 0 aliphatic carbocycles. The van der Waals surface area contributed by atoms with E-state index in [1.54, 1.807) is 31.5 Å². The first kappa shape index (κ1) is 17.2. The molecule has 138 valence electrons. The van der Waals surface area contributed by atoms with Crippen LogP contribution in [-0.4, -0.2) is 36.8 Å². The van der Waals surface area contributed by atoms with Gasteiger partial charge in [0.2, 0.25) is 0 Å². The highest BCUT2D eigenvalue weighted by Gasteiger charge is 2.22. The van der Waals surface area contributed by atoms with Crippen LogP contribution in [0.3, 0.4) is 0 Å². The van der Waals surface area contributed by atoms with E-state index in [9.17, 15) is 9.90 Å². The number of hydrogen-bond acceptors (Lipinski definition) is 5. The molecule has 7 heteroatoms. The van der Waals surface area contributed by atoms with Gasteiger partial charge < -0.3 is 15.0 Å². The van der Waals surface area contributed by atoms with Gasteiger partial charge in [-0.1, -0.05) is 6.07 Å². The molecule has 0 radical (unpaired) electrons. The van der Waals surface area contributed by atoms with E-state index >= 15 is 0 Å². The zero-order valence-electron chi connectivity index (χ0n) is 15.1. The van der Waals surface area contributed by atoms with Crippen LogP contribution in [-0.2, 0) is 13.0 Å². The molecule has 1 atom stereocenters. The van der Waals surface area contributed by atoms with Gasteiger partial charge in [0.05, 0.1) is 0 Å². The summed E-state index contributed by atoms with van der Waals surface area (Å²) in [5, 5.41) is 21.6. The number of nitrogens with zero attached hydrogens (tertiary/aromatic N) is 4. The van der Waals surface area contributed by atoms with E-state index in [2.05, 4.69) is 25.1 Å². The van der Waals surface area contributed by atoms with Crippen molar-refractivity contribution in [2.45, 2.75) is 38.8 Å². The fourth-order valence-electron chi connectivity index (χ4n) is 3.37. The number of aromatic hydroxyl groups is 1. The van der Waals surface area contributed by atoms with Crippen molar-refractivity contribution in [1.29, 1.82) is 0 Å². The molecule has 2 N–H and O–H groups in total. The van der Waals surface area contributed by atoms with Crippen LogP contribution in [0.4, 0.5) is 0 Å². The quantitative estimate of drug-likeness (QED) is 0.746. The SMILES string of the molecule is Cc1ccc(C(=O)NC2CCc3nnc(-c4ccncc4)n3CC2)cc1O. The lowest BCUT2D eigenvalue weighted by Crippen LogP contribution is -2.35. The Morgan fingerprint density at radius 2 is 2.00 bits per heavy atom. The Morgan fingerprint density at radius 3 is 2.78 bits per heavy atom. The summed E-state index contributed by atoms with van der Waals surface area (Å²) in [6.07, 6.45) is 5.84. The average Bonchev–Trinajstić information content (AvgIpc) is 2.99. The summed E-state index contributed by atoms with van der Waals surface area (Å²) in [5.41, 5.74) is 2.21. The Morgan fingerprint density at radius 1 is 1.19 bits per heavy atom. The lowest BCUT2D eigenvalue weighted by molar-refractivity contribution is 0.0932. The molecule has 0 spiro atoms. The fraction of sp³-hybridized carbons (Fsp3) is 0.300. The second kappa shape index (κ2) is 7.19. The molecule has 7 nitrogen and oxygen atoms in total. The Kier molecular flexibility index (Phi) is 4.58. The summed E-state index contributed by atoms with van der Waals surface area (Å²) >= 11 is 0. The van der Waals surface area contributed by atoms with Crippen LogP contribution < -0.4 is 5.32 Å². The van der Waals surface area contributed by atoms with E-state index < -0.39 is 0 Å². The molecule has 1 amide bonds. The van der Waals surface area contributed by atoms with Crippen LogP contribution in [0, 0.1) is 6.92 Å². The number of aryl methyl sites for hydroxylation is 2. The van der Waals surface area contributed by atoms with Gasteiger partial charge in [-0.25, -0.2) is 0 Å². The normalized spacial score (nSPS) is 16.4. The molecule has 3 heterocycles. The molecule has 0 bridgehead atoms. The smallest absolute Gasteiger partial charge is 0.251 e. The number of aromatic nitrogens is 4. The van der Waals surface area contributed by atoms with Gasteiger partial charge >= 0.3 is 0 Å². The summed E-state index contributed by atoms with van der Waals surface area (Å²) in [7, 11) is 0. The van der Waals surface area contributed by atoms with Gasteiger partial charge in [-0.2, -0.15) is 0 Å². The van der Waals surface area contributed by atoms with Gasteiger partial charge in [-0.3, -0.25) is 9.78 Å². The van der Waals surface area contributed by atoms with Crippen LogP contribution in [0.25, 0.3) is 11.4 Å². The third-order valence-electron chi connectivity index (χ3n) is 4.99. The maximum absolute atomic E-state index is 12.5. The van der Waals surface area contributed by atoms with Gasteiger partial charge in [0.15, 0.2) is 5.82 Å². The molecular formula is C20H21N5O2. The largest absolute Gasteiger partial charge is 0.508 e. The van der Waals surface area contributed by atoms with Crippen molar-refractivity contribution >= 4 is 5.91 Å². The fourth-order valence-corrected chi connectivity index (χ4v) is 3.37. The van der Waals surface area contributed by atoms with Crippen molar-refractivity contribution in [3.05, 3.63) is 59.7 Å². The highest BCUT2D eigenvalue weighted by molar-refractivity contribution is 5.94. The molecule has 1 unspecified atom stereocenters. The van der Waals surface area contributed by atoms with Crippen LogP contribution in [0.1, 0.15) is 34.6 Å². The number of phenols is 1. The summed E-state index contributed by atoms with van der Waals surface area (Å²) in [6, 6.07) is 8.89. The molecule has 2 aromatic heterocycles. The topological polar surface area (TPSA) is 92.9 Å². The lowest BCUT2D eigenvalue weighted by atomic mass is 10.1. The predicted octanol–water partition coefficient (Wildman–Crippen LogP) is 2.49. The molecule has 1 aliphatic heterocycles. The minimum Gasteiger partial charge on any atom is -0.508 e. The van der Waals surface area contributed by atoms with Gasteiger partial charge in [-0.15, -0.1) is 10.2 Å². The number of pyridine rings is 1. The number of carbonyl (C=O) groups is 1. The molecular weight excluding hydrogens is 342 g/mol. The second-order valence-corrected chi connectivity index (χ2v) is 6.83. The second-order valence-electron chi connectivity index (χ2n) is 6.83. The third kappa shape index (κ3) is 3.53. The zero-order chi connectivity index (χ0) is 18.8. The monoisotopic (exact) mass is 363 g/mol. The minimum absolute atomic E-state index is 0.0490. The summed E-state index contributed by atoms with van der Waals surface area (Å²) in [6.45, 7) is 2.54. The lowest BCUT2D eigenvalue weighted by Gasteiger charge is -2.16. The van der Waals surface area contributed by atoms with Crippen molar-refractivity contribution in [3.63, 3.8) is 0 Å². The van der Waals surface area contributed by atoms with Gasteiger partial charge in [0, 0.05) is 42.5 Å². The molecule has 3 aromatic rings. The van der Waals surface area contributed by atoms with Crippen LogP contribution >= 0.6 is 0 Å². The number of hydrogen-bond donors (Lipinski definition) is 2. The number of phenolic OH excluding ortho intramolecular Hbond substituents is 1. The summed E-state index contributed by atoms with van der Waals surface area (Å²) < 4.78 is 2.12. The number of nitrogens with one attached hydrogen (secondary N) is 1. The highest BCUT2D eigenvalue weighted by atomic mass is 16.3. The van der Waals surface area contributed by atoms with E-state index in [1.807, 2.05) is 12.1 Å². The van der Waals surface area contributed by atoms with Crippen molar-refractivity contribution < 1.29 is 9.90 Å². The maximum atomic E-state index is 12.5. The Bertz CT molecular complexity index is 968. The third-order valence-corrected chi connectivity index (χ3v) is 4.99. The maximum Gasteiger partial charge on any atom is 0.251 e. The first-order chi connectivity index (χ1) is 13.1. The molecule has 0 fully saturated rings. The van der Waals surface area contributed by atoms with Gasteiger partial charge in [-0.05, 0) is 49.6 Å². The number of benzene rings is 1. The molecule has 0 saturated heterocycles. The van der Waals surface area contributed by atoms with Crippen molar-refractivity contribution in [2.75, 3.05) is 0 Å². The molecule has 0 saturated carbocycles. The highest BCUT2D eigenvalue weighted by Crippen LogP contribution is 2.23. The Hall–Kier alpha value is -3.22. The Labute approximate surface area is 157 Å². The Balaban J connectivity index is 1.47. The van der Waals surface area contributed by atoms with E-state index in [1.165, 1.54) is 6.07 Å². The zero-order valence-corrected chi connectivity index (χ0v) is 15.1. The van der Waals surface area contributed by atoms with Crippen molar-refractivity contribution in [1.82, 2.24) is 25.1 Å². The van der Waals surface area contributed by atoms with Crippen molar-refractivity contribution in [3.8, 4) is 17.1 Å². The molecule has 27 heavy (non-hydrogen) atoms. The molecule has 1 aliphatic rings. The molecule has 1 aromatic carbocycles. The van der Waals surface area contributed by atoms with Crippen LogP contribution in [0.2, 0.25) is 0 Å². The minimum atomic E-state index is -0.165. The standard InChI is InChI=1S/C20H21N5O2/c1-13-2-3-15(12-17(13)26)20(27)22-16-4-5-18-23-24-19(25(18)11-8-16)14-6-9-21-10-7-14/h2-3,6-7,9-10,12,16,26H,4-5,8,11H2,1H3,(H,22,27). The van der Waals surface area contributed by atoms with Crippen molar-refractivity contribution in [2.24, 2.45) is 0 Å². The number of carbonyl (C=O) groups excluding carboxylic acids is 1. The van der Waals surface area contributed by atoms with Crippen LogP contribution in [0.15, 0.2) is 42.7 Å². The molecule has 4 rings (SSSR count). The summed E-state index contributed by atoms with van der Waals surface area (Å²) in [4.78, 5) is 16.6. The first-order valence-corrected chi connectivity index (χ1v) is 9.05. The number of amides is 1.